The first-order valence-corrected chi connectivity index (χ1v) is 10.2. The molecule has 1 fully saturated rings. The van der Waals surface area contributed by atoms with Gasteiger partial charge < -0.3 is 19.9 Å². The molecule has 0 bridgehead atoms. The van der Waals surface area contributed by atoms with Crippen molar-refractivity contribution in [3.05, 3.63) is 47.0 Å². The first-order valence-electron chi connectivity index (χ1n) is 9.06. The van der Waals surface area contributed by atoms with Crippen molar-refractivity contribution in [2.75, 3.05) is 43.5 Å². The fourth-order valence-corrected chi connectivity index (χ4v) is 4.55. The number of ether oxygens (including phenoxy) is 1. The summed E-state index contributed by atoms with van der Waals surface area (Å²) in [4.78, 5) is 21.5. The van der Waals surface area contributed by atoms with E-state index >= 15 is 0 Å². The van der Waals surface area contributed by atoms with Gasteiger partial charge in [-0.3, -0.25) is 0 Å². The summed E-state index contributed by atoms with van der Waals surface area (Å²) in [7, 11) is 1.57. The molecule has 0 spiro atoms. The molecule has 0 radical (unpaired) electrons. The number of anilines is 2. The minimum Gasteiger partial charge on any atom is -0.495 e. The monoisotopic (exact) mass is 416 g/mol. The third-order valence-electron chi connectivity index (χ3n) is 4.85. The van der Waals surface area contributed by atoms with Crippen LogP contribution in [0, 0.1) is 6.92 Å². The molecule has 1 aliphatic rings. The normalized spacial score (nSPS) is 14.4. The standard InChI is InChI=1S/C20H21ClN4O2S/c1-13-4-3-5-17-18(13)23-20(28-17)25-10-8-24(9-11-25)19(26)22-15-12-14(21)6-7-16(15)27-2/h3-7,12H,8-11H2,1-2H3,(H,22,26). The van der Waals surface area contributed by atoms with Crippen molar-refractivity contribution in [1.82, 2.24) is 9.88 Å². The van der Waals surface area contributed by atoms with E-state index in [4.69, 9.17) is 21.3 Å². The number of aryl methyl sites for hydroxylation is 1. The number of hydrogen-bond donors (Lipinski definition) is 1. The molecule has 4 rings (SSSR count). The first kappa shape index (κ1) is 18.8. The Morgan fingerprint density at radius 2 is 2.00 bits per heavy atom. The zero-order valence-electron chi connectivity index (χ0n) is 15.7. The molecule has 28 heavy (non-hydrogen) atoms. The number of piperazine rings is 1. The molecule has 8 heteroatoms. The molecule has 2 heterocycles. The average Bonchev–Trinajstić information content (AvgIpc) is 3.14. The van der Waals surface area contributed by atoms with Crippen LogP contribution in [0.25, 0.3) is 10.2 Å². The van der Waals surface area contributed by atoms with Crippen LogP contribution >= 0.6 is 22.9 Å². The van der Waals surface area contributed by atoms with E-state index in [1.54, 1.807) is 41.5 Å². The zero-order valence-corrected chi connectivity index (χ0v) is 17.3. The van der Waals surface area contributed by atoms with Gasteiger partial charge in [-0.1, -0.05) is 35.1 Å². The zero-order chi connectivity index (χ0) is 19.7. The minimum atomic E-state index is -0.152. The van der Waals surface area contributed by atoms with E-state index in [0.29, 0.717) is 29.5 Å². The molecular formula is C20H21ClN4O2S. The maximum Gasteiger partial charge on any atom is 0.322 e. The Morgan fingerprint density at radius 1 is 1.21 bits per heavy atom. The Labute approximate surface area is 172 Å². The highest BCUT2D eigenvalue weighted by molar-refractivity contribution is 7.22. The second-order valence-electron chi connectivity index (χ2n) is 6.67. The highest BCUT2D eigenvalue weighted by Gasteiger charge is 2.24. The van der Waals surface area contributed by atoms with Crippen molar-refractivity contribution in [2.24, 2.45) is 0 Å². The molecule has 1 N–H and O–H groups in total. The SMILES string of the molecule is COc1ccc(Cl)cc1NC(=O)N1CCN(c2nc3c(C)cccc3s2)CC1. The van der Waals surface area contributed by atoms with Gasteiger partial charge in [-0.05, 0) is 36.8 Å². The van der Waals surface area contributed by atoms with Crippen LogP contribution in [0.2, 0.25) is 5.02 Å². The van der Waals surface area contributed by atoms with Gasteiger partial charge in [-0.15, -0.1) is 0 Å². The summed E-state index contributed by atoms with van der Waals surface area (Å²) >= 11 is 7.74. The number of aromatic nitrogens is 1. The third-order valence-corrected chi connectivity index (χ3v) is 6.17. The number of carbonyl (C=O) groups is 1. The second kappa shape index (κ2) is 7.85. The van der Waals surface area contributed by atoms with Crippen molar-refractivity contribution < 1.29 is 9.53 Å². The number of nitrogens with zero attached hydrogens (tertiary/aromatic N) is 3. The smallest absolute Gasteiger partial charge is 0.322 e. The van der Waals surface area contributed by atoms with E-state index in [1.165, 1.54) is 10.3 Å². The largest absolute Gasteiger partial charge is 0.495 e. The van der Waals surface area contributed by atoms with Crippen LogP contribution in [0.3, 0.4) is 0 Å². The molecule has 1 aliphatic heterocycles. The van der Waals surface area contributed by atoms with Crippen LogP contribution < -0.4 is 15.0 Å². The molecule has 0 unspecified atom stereocenters. The maximum absolute atomic E-state index is 12.7. The fourth-order valence-electron chi connectivity index (χ4n) is 3.28. The van der Waals surface area contributed by atoms with Crippen molar-refractivity contribution in [2.45, 2.75) is 6.92 Å². The van der Waals surface area contributed by atoms with Crippen LogP contribution in [-0.2, 0) is 0 Å². The molecule has 0 saturated carbocycles. The van der Waals surface area contributed by atoms with Gasteiger partial charge in [-0.25, -0.2) is 9.78 Å². The Kier molecular flexibility index (Phi) is 5.28. The predicted octanol–water partition coefficient (Wildman–Crippen LogP) is 4.62. The number of para-hydroxylation sites is 1. The molecule has 6 nitrogen and oxygen atoms in total. The number of halogens is 1. The van der Waals surface area contributed by atoms with Crippen LogP contribution in [0.4, 0.5) is 15.6 Å². The number of fused-ring (bicyclic) bond motifs is 1. The van der Waals surface area contributed by atoms with E-state index in [2.05, 4.69) is 35.3 Å². The topological polar surface area (TPSA) is 57.7 Å². The van der Waals surface area contributed by atoms with Crippen molar-refractivity contribution >= 4 is 50.0 Å². The molecule has 2 aromatic carbocycles. The number of carbonyl (C=O) groups excluding carboxylic acids is 1. The Hall–Kier alpha value is -2.51. The Bertz CT molecular complexity index is 1010. The number of amides is 2. The van der Waals surface area contributed by atoms with Crippen molar-refractivity contribution in [3.8, 4) is 5.75 Å². The lowest BCUT2D eigenvalue weighted by Crippen LogP contribution is -2.50. The highest BCUT2D eigenvalue weighted by atomic mass is 35.5. The molecule has 1 saturated heterocycles. The number of nitrogens with one attached hydrogen (secondary N) is 1. The van der Waals surface area contributed by atoms with Gasteiger partial charge in [0.25, 0.3) is 0 Å². The summed E-state index contributed by atoms with van der Waals surface area (Å²) in [6.07, 6.45) is 0. The first-order chi connectivity index (χ1) is 13.5. The molecule has 2 amide bonds. The van der Waals surface area contributed by atoms with Gasteiger partial charge >= 0.3 is 6.03 Å². The summed E-state index contributed by atoms with van der Waals surface area (Å²) in [5.74, 6) is 0.584. The van der Waals surface area contributed by atoms with E-state index in [1.807, 2.05) is 0 Å². The Balaban J connectivity index is 1.41. The van der Waals surface area contributed by atoms with E-state index < -0.39 is 0 Å². The van der Waals surface area contributed by atoms with Crippen LogP contribution in [0.5, 0.6) is 5.75 Å². The number of thiazole rings is 1. The van der Waals surface area contributed by atoms with Gasteiger partial charge in [0.15, 0.2) is 5.13 Å². The maximum atomic E-state index is 12.7. The van der Waals surface area contributed by atoms with E-state index in [-0.39, 0.29) is 6.03 Å². The van der Waals surface area contributed by atoms with Gasteiger partial charge in [-0.2, -0.15) is 0 Å². The quantitative estimate of drug-likeness (QED) is 0.676. The lowest BCUT2D eigenvalue weighted by Gasteiger charge is -2.34. The summed E-state index contributed by atoms with van der Waals surface area (Å²) < 4.78 is 6.49. The predicted molar refractivity (Wildman–Crippen MR) is 115 cm³/mol. The lowest BCUT2D eigenvalue weighted by molar-refractivity contribution is 0.208. The van der Waals surface area contributed by atoms with Crippen LogP contribution in [0.1, 0.15) is 5.56 Å². The average molecular weight is 417 g/mol. The molecule has 3 aromatic rings. The molecule has 1 aromatic heterocycles. The number of benzene rings is 2. The second-order valence-corrected chi connectivity index (χ2v) is 8.11. The van der Waals surface area contributed by atoms with Crippen LogP contribution in [0.15, 0.2) is 36.4 Å². The third kappa shape index (κ3) is 3.72. The van der Waals surface area contributed by atoms with E-state index in [0.717, 1.165) is 23.7 Å². The Morgan fingerprint density at radius 3 is 2.71 bits per heavy atom. The molecule has 146 valence electrons. The number of hydrogen-bond acceptors (Lipinski definition) is 5. The van der Waals surface area contributed by atoms with Gasteiger partial charge in [0, 0.05) is 31.2 Å². The van der Waals surface area contributed by atoms with E-state index in [9.17, 15) is 4.79 Å². The van der Waals surface area contributed by atoms with Gasteiger partial charge in [0.05, 0.1) is 23.0 Å². The summed E-state index contributed by atoms with van der Waals surface area (Å²) in [6, 6.07) is 11.3. The summed E-state index contributed by atoms with van der Waals surface area (Å²) in [5, 5.41) is 4.46. The van der Waals surface area contributed by atoms with Gasteiger partial charge in [0.2, 0.25) is 0 Å². The van der Waals surface area contributed by atoms with Crippen molar-refractivity contribution in [1.29, 1.82) is 0 Å². The number of urea groups is 1. The minimum absolute atomic E-state index is 0.152. The lowest BCUT2D eigenvalue weighted by atomic mass is 10.2. The highest BCUT2D eigenvalue weighted by Crippen LogP contribution is 2.31. The van der Waals surface area contributed by atoms with Gasteiger partial charge in [0.1, 0.15) is 5.75 Å². The number of rotatable bonds is 3. The summed E-state index contributed by atoms with van der Waals surface area (Å²) in [5.41, 5.74) is 2.83. The summed E-state index contributed by atoms with van der Waals surface area (Å²) in [6.45, 7) is 4.84. The molecule has 0 atom stereocenters. The van der Waals surface area contributed by atoms with Crippen LogP contribution in [-0.4, -0.2) is 49.2 Å². The van der Waals surface area contributed by atoms with Crippen molar-refractivity contribution in [3.63, 3.8) is 0 Å². The number of methoxy groups -OCH3 is 1. The molecular weight excluding hydrogens is 396 g/mol. The fraction of sp³-hybridized carbons (Fsp3) is 0.300. The molecule has 0 aliphatic carbocycles.